The highest BCUT2D eigenvalue weighted by molar-refractivity contribution is 7.14. The van der Waals surface area contributed by atoms with Crippen LogP contribution in [0.15, 0.2) is 59.0 Å². The number of unbranched alkanes of at least 4 members (excludes halogenated alkanes) is 3. The van der Waals surface area contributed by atoms with Crippen LogP contribution in [0.4, 0.5) is 5.13 Å². The summed E-state index contributed by atoms with van der Waals surface area (Å²) in [5.74, 6) is 0.865. The van der Waals surface area contributed by atoms with Gasteiger partial charge in [-0.05, 0) is 25.5 Å². The molecule has 0 fully saturated rings. The SMILES string of the molecule is CCCCCCOc1ccccc1/C=N\Nc1nc(-c2ccc(C)cc2)cs1. The maximum atomic E-state index is 5.93. The molecule has 0 spiro atoms. The van der Waals surface area contributed by atoms with Gasteiger partial charge in [0.1, 0.15) is 5.75 Å². The van der Waals surface area contributed by atoms with Crippen LogP contribution in [0, 0.1) is 6.92 Å². The van der Waals surface area contributed by atoms with E-state index in [4.69, 9.17) is 4.74 Å². The van der Waals surface area contributed by atoms with Gasteiger partial charge in [-0.3, -0.25) is 5.43 Å². The first kappa shape index (κ1) is 20.1. The number of nitrogens with zero attached hydrogens (tertiary/aromatic N) is 2. The zero-order valence-electron chi connectivity index (χ0n) is 16.5. The van der Waals surface area contributed by atoms with Gasteiger partial charge in [-0.1, -0.05) is 68.1 Å². The number of hydrogen-bond donors (Lipinski definition) is 1. The summed E-state index contributed by atoms with van der Waals surface area (Å²) in [6.07, 6.45) is 6.57. The Labute approximate surface area is 171 Å². The molecule has 1 N–H and O–H groups in total. The van der Waals surface area contributed by atoms with E-state index < -0.39 is 0 Å². The molecule has 3 aromatic rings. The van der Waals surface area contributed by atoms with Crippen molar-refractivity contribution in [1.82, 2.24) is 4.98 Å². The van der Waals surface area contributed by atoms with E-state index in [1.54, 1.807) is 17.6 Å². The van der Waals surface area contributed by atoms with Gasteiger partial charge in [0.15, 0.2) is 0 Å². The van der Waals surface area contributed by atoms with Crippen LogP contribution in [0.3, 0.4) is 0 Å². The maximum absolute atomic E-state index is 5.93. The molecule has 0 aliphatic rings. The number of thiazole rings is 1. The summed E-state index contributed by atoms with van der Waals surface area (Å²) in [6.45, 7) is 5.04. The van der Waals surface area contributed by atoms with Gasteiger partial charge in [-0.15, -0.1) is 11.3 Å². The Bertz CT molecular complexity index is 887. The summed E-state index contributed by atoms with van der Waals surface area (Å²) in [4.78, 5) is 4.60. The second-order valence-corrected chi connectivity index (χ2v) is 7.58. The van der Waals surface area contributed by atoms with Crippen LogP contribution in [0.2, 0.25) is 0 Å². The fourth-order valence-corrected chi connectivity index (χ4v) is 3.44. The third kappa shape index (κ3) is 5.92. The van der Waals surface area contributed by atoms with Gasteiger partial charge in [0, 0.05) is 16.5 Å². The molecule has 0 bridgehead atoms. The van der Waals surface area contributed by atoms with E-state index in [9.17, 15) is 0 Å². The Kier molecular flexibility index (Phi) is 7.62. The number of anilines is 1. The molecule has 3 rings (SSSR count). The minimum atomic E-state index is 0.741. The Morgan fingerprint density at radius 2 is 1.89 bits per heavy atom. The number of ether oxygens (including phenoxy) is 1. The van der Waals surface area contributed by atoms with Crippen molar-refractivity contribution in [3.63, 3.8) is 0 Å². The predicted molar refractivity (Wildman–Crippen MR) is 120 cm³/mol. The van der Waals surface area contributed by atoms with Gasteiger partial charge in [-0.25, -0.2) is 4.98 Å². The highest BCUT2D eigenvalue weighted by Gasteiger charge is 2.04. The molecule has 28 heavy (non-hydrogen) atoms. The largest absolute Gasteiger partial charge is 0.493 e. The van der Waals surface area contributed by atoms with E-state index in [1.807, 2.05) is 29.6 Å². The van der Waals surface area contributed by atoms with Gasteiger partial charge in [0.05, 0.1) is 18.5 Å². The van der Waals surface area contributed by atoms with Crippen molar-refractivity contribution in [3.05, 3.63) is 65.0 Å². The lowest BCUT2D eigenvalue weighted by Gasteiger charge is -2.08. The lowest BCUT2D eigenvalue weighted by Crippen LogP contribution is -2.00. The van der Waals surface area contributed by atoms with E-state index in [0.29, 0.717) is 0 Å². The van der Waals surface area contributed by atoms with Crippen molar-refractivity contribution in [2.75, 3.05) is 12.0 Å². The summed E-state index contributed by atoms with van der Waals surface area (Å²) < 4.78 is 5.93. The fourth-order valence-electron chi connectivity index (χ4n) is 2.77. The molecule has 4 nitrogen and oxygen atoms in total. The smallest absolute Gasteiger partial charge is 0.203 e. The zero-order valence-corrected chi connectivity index (χ0v) is 17.3. The number of aryl methyl sites for hydroxylation is 1. The number of rotatable bonds is 10. The molecule has 0 saturated heterocycles. The first-order valence-corrected chi connectivity index (χ1v) is 10.7. The third-order valence-corrected chi connectivity index (χ3v) is 5.14. The average Bonchev–Trinajstić information content (AvgIpc) is 3.18. The molecular weight excluding hydrogens is 366 g/mol. The highest BCUT2D eigenvalue weighted by Crippen LogP contribution is 2.25. The molecule has 0 aliphatic carbocycles. The first-order chi connectivity index (χ1) is 13.8. The molecule has 5 heteroatoms. The monoisotopic (exact) mass is 393 g/mol. The topological polar surface area (TPSA) is 46.5 Å². The molecule has 0 aliphatic heterocycles. The number of para-hydroxylation sites is 1. The summed E-state index contributed by atoms with van der Waals surface area (Å²) >= 11 is 1.54. The van der Waals surface area contributed by atoms with Crippen molar-refractivity contribution >= 4 is 22.7 Å². The minimum absolute atomic E-state index is 0.741. The minimum Gasteiger partial charge on any atom is -0.493 e. The standard InChI is InChI=1S/C23H27N3OS/c1-3-4-5-8-15-27-22-10-7-6-9-20(22)16-24-26-23-25-21(17-28-23)19-13-11-18(2)12-14-19/h6-7,9-14,16-17H,3-5,8,15H2,1-2H3,(H,25,26)/b24-16-. The van der Waals surface area contributed by atoms with Gasteiger partial charge >= 0.3 is 0 Å². The lowest BCUT2D eigenvalue weighted by atomic mass is 10.1. The molecule has 2 aromatic carbocycles. The van der Waals surface area contributed by atoms with Crippen LogP contribution in [0.25, 0.3) is 11.3 Å². The number of nitrogens with one attached hydrogen (secondary N) is 1. The summed E-state index contributed by atoms with van der Waals surface area (Å²) in [6, 6.07) is 16.3. The van der Waals surface area contributed by atoms with Crippen LogP contribution in [-0.4, -0.2) is 17.8 Å². The number of hydrazone groups is 1. The van der Waals surface area contributed by atoms with Crippen molar-refractivity contribution < 1.29 is 4.74 Å². The molecule has 0 unspecified atom stereocenters. The van der Waals surface area contributed by atoms with E-state index in [0.717, 1.165) is 40.7 Å². The Morgan fingerprint density at radius 1 is 1.07 bits per heavy atom. The summed E-state index contributed by atoms with van der Waals surface area (Å²) in [5, 5.41) is 7.15. The molecule has 0 amide bonds. The molecule has 0 radical (unpaired) electrons. The van der Waals surface area contributed by atoms with Crippen LogP contribution >= 0.6 is 11.3 Å². The van der Waals surface area contributed by atoms with E-state index in [2.05, 4.69) is 53.6 Å². The predicted octanol–water partition coefficient (Wildman–Crippen LogP) is 6.52. The molecule has 1 heterocycles. The van der Waals surface area contributed by atoms with Crippen molar-refractivity contribution in [1.29, 1.82) is 0 Å². The third-order valence-electron chi connectivity index (χ3n) is 4.39. The van der Waals surface area contributed by atoms with Crippen LogP contribution in [0.1, 0.15) is 43.7 Å². The van der Waals surface area contributed by atoms with E-state index >= 15 is 0 Å². The van der Waals surface area contributed by atoms with Crippen LogP contribution in [0.5, 0.6) is 5.75 Å². The van der Waals surface area contributed by atoms with Crippen LogP contribution in [-0.2, 0) is 0 Å². The normalized spacial score (nSPS) is 11.1. The molecule has 146 valence electrons. The first-order valence-electron chi connectivity index (χ1n) is 9.79. The average molecular weight is 394 g/mol. The maximum Gasteiger partial charge on any atom is 0.203 e. The van der Waals surface area contributed by atoms with Crippen molar-refractivity contribution in [3.8, 4) is 17.0 Å². The number of hydrogen-bond acceptors (Lipinski definition) is 5. The molecule has 0 saturated carbocycles. The molecule has 1 aromatic heterocycles. The van der Waals surface area contributed by atoms with Crippen LogP contribution < -0.4 is 10.2 Å². The Balaban J connectivity index is 1.57. The van der Waals surface area contributed by atoms with Crippen molar-refractivity contribution in [2.24, 2.45) is 5.10 Å². The quantitative estimate of drug-likeness (QED) is 0.242. The van der Waals surface area contributed by atoms with Gasteiger partial charge in [0.25, 0.3) is 0 Å². The van der Waals surface area contributed by atoms with Gasteiger partial charge < -0.3 is 4.74 Å². The highest BCUT2D eigenvalue weighted by atomic mass is 32.1. The summed E-state index contributed by atoms with van der Waals surface area (Å²) in [5.41, 5.74) is 7.30. The molecular formula is C23H27N3OS. The molecule has 0 atom stereocenters. The summed E-state index contributed by atoms with van der Waals surface area (Å²) in [7, 11) is 0. The number of aromatic nitrogens is 1. The van der Waals surface area contributed by atoms with Gasteiger partial charge in [-0.2, -0.15) is 5.10 Å². The Morgan fingerprint density at radius 3 is 2.71 bits per heavy atom. The Hall–Kier alpha value is -2.66. The number of benzene rings is 2. The van der Waals surface area contributed by atoms with Crippen molar-refractivity contribution in [2.45, 2.75) is 39.5 Å². The second kappa shape index (κ2) is 10.6. The van der Waals surface area contributed by atoms with E-state index in [1.165, 1.54) is 24.8 Å². The zero-order chi connectivity index (χ0) is 19.6. The second-order valence-electron chi connectivity index (χ2n) is 6.72. The van der Waals surface area contributed by atoms with Gasteiger partial charge in [0.2, 0.25) is 5.13 Å². The lowest BCUT2D eigenvalue weighted by molar-refractivity contribution is 0.304. The van der Waals surface area contributed by atoms with E-state index in [-0.39, 0.29) is 0 Å². The fraction of sp³-hybridized carbons (Fsp3) is 0.304.